The number of hydrogen-bond acceptors (Lipinski definition) is 4. The van der Waals surface area contributed by atoms with Gasteiger partial charge in [-0.3, -0.25) is 9.59 Å². The first kappa shape index (κ1) is 29.7. The van der Waals surface area contributed by atoms with Gasteiger partial charge in [0, 0.05) is 12.8 Å². The highest BCUT2D eigenvalue weighted by Gasteiger charge is 2.29. The Morgan fingerprint density at radius 2 is 0.771 bits per heavy atom. The fraction of sp³-hybridized carbons (Fsp3) is 0.333. The zero-order valence-corrected chi connectivity index (χ0v) is 17.9. The summed E-state index contributed by atoms with van der Waals surface area (Å²) < 4.78 is 137. The Balaban J connectivity index is 0.000000351. The van der Waals surface area contributed by atoms with Crippen molar-refractivity contribution >= 4 is 11.9 Å². The first-order valence-electron chi connectivity index (χ1n) is 9.74. The quantitative estimate of drug-likeness (QED) is 0.136. The summed E-state index contributed by atoms with van der Waals surface area (Å²) in [5.74, 6) is -27.1. The van der Waals surface area contributed by atoms with Gasteiger partial charge >= 0.3 is 11.9 Å². The van der Waals surface area contributed by atoms with Gasteiger partial charge in [0.25, 0.3) is 0 Å². The van der Waals surface area contributed by atoms with Crippen LogP contribution in [0.15, 0.2) is 0 Å². The van der Waals surface area contributed by atoms with Gasteiger partial charge in [0.1, 0.15) is 0 Å². The Morgan fingerprint density at radius 3 is 1.06 bits per heavy atom. The Hall–Kier alpha value is -3.32. The minimum atomic E-state index is -2.30. The minimum Gasteiger partial charge on any atom is -0.420 e. The van der Waals surface area contributed by atoms with Crippen LogP contribution in [-0.4, -0.2) is 11.9 Å². The third-order valence-electron chi connectivity index (χ3n) is 3.96. The van der Waals surface area contributed by atoms with E-state index in [1.54, 1.807) is 13.8 Å². The number of hydrogen-bond donors (Lipinski definition) is 0. The van der Waals surface area contributed by atoms with Gasteiger partial charge in [-0.05, 0) is 12.8 Å². The molecule has 0 fully saturated rings. The van der Waals surface area contributed by atoms with Crippen LogP contribution in [0.5, 0.6) is 11.5 Å². The van der Waals surface area contributed by atoms with Crippen molar-refractivity contribution in [3.63, 3.8) is 0 Å². The number of halogens is 10. The summed E-state index contributed by atoms with van der Waals surface area (Å²) in [6.45, 7) is 3.34. The summed E-state index contributed by atoms with van der Waals surface area (Å²) in [5, 5.41) is 0. The van der Waals surface area contributed by atoms with Gasteiger partial charge in [-0.2, -0.15) is 17.6 Å². The van der Waals surface area contributed by atoms with Crippen molar-refractivity contribution in [3.05, 3.63) is 58.2 Å². The smallest absolute Gasteiger partial charge is 0.311 e. The number of ether oxygens (including phenoxy) is 2. The fourth-order valence-electron chi connectivity index (χ4n) is 2.20. The van der Waals surface area contributed by atoms with Gasteiger partial charge in [0.2, 0.25) is 69.7 Å². The Morgan fingerprint density at radius 1 is 0.486 bits per heavy atom. The van der Waals surface area contributed by atoms with E-state index in [-0.39, 0.29) is 12.8 Å². The highest BCUT2D eigenvalue weighted by Crippen LogP contribution is 2.30. The number of unbranched alkanes of at least 4 members (excludes halogenated alkanes) is 1. The number of carbonyl (C=O) groups excluding carboxylic acids is 2. The van der Waals surface area contributed by atoms with Crippen molar-refractivity contribution in [1.82, 2.24) is 0 Å². The van der Waals surface area contributed by atoms with Crippen LogP contribution in [0.3, 0.4) is 0 Å². The summed E-state index contributed by atoms with van der Waals surface area (Å²) in [5.41, 5.74) is 0. The van der Waals surface area contributed by atoms with Crippen molar-refractivity contribution < 1.29 is 63.0 Å². The zero-order chi connectivity index (χ0) is 27.0. The molecule has 0 saturated heterocycles. The van der Waals surface area contributed by atoms with Crippen LogP contribution in [0.25, 0.3) is 0 Å². The average Bonchev–Trinajstić information content (AvgIpc) is 2.83. The third kappa shape index (κ3) is 7.09. The summed E-state index contributed by atoms with van der Waals surface area (Å²) >= 11 is 0. The van der Waals surface area contributed by atoms with Gasteiger partial charge in [-0.15, -0.1) is 0 Å². The fourth-order valence-corrected chi connectivity index (χ4v) is 2.20. The largest absolute Gasteiger partial charge is 0.420 e. The second-order valence-corrected chi connectivity index (χ2v) is 6.60. The van der Waals surface area contributed by atoms with Crippen molar-refractivity contribution in [2.45, 2.75) is 46.0 Å². The zero-order valence-electron chi connectivity index (χ0n) is 17.9. The molecule has 0 aromatic heterocycles. The number of rotatable bonds is 7. The van der Waals surface area contributed by atoms with E-state index in [9.17, 15) is 53.5 Å². The second kappa shape index (κ2) is 13.0. The first-order chi connectivity index (χ1) is 16.3. The van der Waals surface area contributed by atoms with Crippen LogP contribution in [-0.2, 0) is 9.59 Å². The maximum atomic E-state index is 13.1. The van der Waals surface area contributed by atoms with Crippen LogP contribution in [0.2, 0.25) is 0 Å². The Kier molecular flexibility index (Phi) is 11.0. The molecule has 0 heterocycles. The van der Waals surface area contributed by atoms with Crippen molar-refractivity contribution in [2.75, 3.05) is 0 Å². The van der Waals surface area contributed by atoms with Crippen LogP contribution in [0, 0.1) is 58.2 Å². The number of benzene rings is 2. The monoisotopic (exact) mass is 522 g/mol. The number of esters is 2. The van der Waals surface area contributed by atoms with E-state index in [4.69, 9.17) is 0 Å². The molecule has 0 aliphatic carbocycles. The molecule has 0 spiro atoms. The van der Waals surface area contributed by atoms with E-state index >= 15 is 0 Å². The van der Waals surface area contributed by atoms with E-state index in [0.717, 1.165) is 0 Å². The van der Waals surface area contributed by atoms with E-state index in [0.29, 0.717) is 19.3 Å². The molecule has 2 aromatic rings. The molecule has 194 valence electrons. The summed E-state index contributed by atoms with van der Waals surface area (Å²) in [7, 11) is 0. The van der Waals surface area contributed by atoms with Crippen molar-refractivity contribution in [3.8, 4) is 11.5 Å². The highest BCUT2D eigenvalue weighted by molar-refractivity contribution is 5.72. The molecule has 0 unspecified atom stereocenters. The second-order valence-electron chi connectivity index (χ2n) is 6.60. The summed E-state index contributed by atoms with van der Waals surface area (Å²) in [4.78, 5) is 22.0. The predicted octanol–water partition coefficient (Wildman–Crippen LogP) is 6.57. The molecule has 35 heavy (non-hydrogen) atoms. The topological polar surface area (TPSA) is 52.6 Å². The molecule has 0 atom stereocenters. The van der Waals surface area contributed by atoms with E-state index in [2.05, 4.69) is 9.47 Å². The number of carbonyl (C=O) groups is 2. The van der Waals surface area contributed by atoms with E-state index < -0.39 is 81.6 Å². The molecule has 0 aliphatic heterocycles. The molecular formula is C21H16F10O4. The normalized spacial score (nSPS) is 10.5. The molecule has 0 bridgehead atoms. The van der Waals surface area contributed by atoms with Crippen LogP contribution in [0.1, 0.15) is 46.0 Å². The Labute approximate surface area is 191 Å². The lowest BCUT2D eigenvalue weighted by Gasteiger charge is -2.08. The van der Waals surface area contributed by atoms with Crippen LogP contribution in [0.4, 0.5) is 43.9 Å². The van der Waals surface area contributed by atoms with Gasteiger partial charge in [-0.1, -0.05) is 20.3 Å². The lowest BCUT2D eigenvalue weighted by atomic mass is 10.2. The molecule has 2 aromatic carbocycles. The van der Waals surface area contributed by atoms with Crippen LogP contribution < -0.4 is 9.47 Å². The van der Waals surface area contributed by atoms with E-state index in [1.807, 2.05) is 0 Å². The Bertz CT molecular complexity index is 1050. The maximum Gasteiger partial charge on any atom is 0.311 e. The van der Waals surface area contributed by atoms with Crippen molar-refractivity contribution in [2.24, 2.45) is 0 Å². The summed E-state index contributed by atoms with van der Waals surface area (Å²) in [6, 6.07) is 0. The molecule has 14 heteroatoms. The minimum absolute atomic E-state index is 0.171. The lowest BCUT2D eigenvalue weighted by molar-refractivity contribution is -0.135. The highest BCUT2D eigenvalue weighted by atomic mass is 19.2. The predicted molar refractivity (Wildman–Crippen MR) is 98.2 cm³/mol. The SMILES string of the molecule is CCCC(=O)Oc1c(F)c(F)c(F)c(F)c1F.CCCCC(=O)Oc1c(F)c(F)c(F)c(F)c1F. The molecule has 0 saturated carbocycles. The third-order valence-corrected chi connectivity index (χ3v) is 3.96. The molecule has 0 amide bonds. The van der Waals surface area contributed by atoms with E-state index in [1.165, 1.54) is 0 Å². The molecule has 0 aliphatic rings. The standard InChI is InChI=1S/C11H9F5O2.C10H7F5O2/c1-2-3-4-5(17)18-11-9(15)7(13)6(12)8(14)10(11)16;1-2-3-4(16)17-10-8(14)6(12)5(11)7(13)9(10)15/h2-4H2,1H3;2-3H2,1H3. The molecule has 2 rings (SSSR count). The van der Waals surface area contributed by atoms with Gasteiger partial charge in [0.15, 0.2) is 0 Å². The van der Waals surface area contributed by atoms with Gasteiger partial charge in [0.05, 0.1) is 0 Å². The molecule has 0 radical (unpaired) electrons. The van der Waals surface area contributed by atoms with Crippen LogP contribution >= 0.6 is 0 Å². The summed E-state index contributed by atoms with van der Waals surface area (Å²) in [6.07, 6.45) is 0.949. The maximum absolute atomic E-state index is 13.1. The lowest BCUT2D eigenvalue weighted by Crippen LogP contribution is -2.13. The van der Waals surface area contributed by atoms with Gasteiger partial charge in [-0.25, -0.2) is 26.3 Å². The molecule has 0 N–H and O–H groups in total. The average molecular weight is 522 g/mol. The van der Waals surface area contributed by atoms with Crippen molar-refractivity contribution in [1.29, 1.82) is 0 Å². The van der Waals surface area contributed by atoms with Gasteiger partial charge < -0.3 is 9.47 Å². The first-order valence-corrected chi connectivity index (χ1v) is 9.74. The molecular weight excluding hydrogens is 506 g/mol. The molecule has 4 nitrogen and oxygen atoms in total.